The summed E-state index contributed by atoms with van der Waals surface area (Å²) in [6.45, 7) is 1.92. The summed E-state index contributed by atoms with van der Waals surface area (Å²) >= 11 is 0. The lowest BCUT2D eigenvalue weighted by Crippen LogP contribution is -2.12. The molecule has 0 spiro atoms. The van der Waals surface area contributed by atoms with Crippen molar-refractivity contribution < 1.29 is 13.2 Å². The molecule has 1 aromatic heterocycles. The Hall–Kier alpha value is -2.49. The SMILES string of the molecule is Cc1cccc(-c2ccc(C(F)(F)F)n2-c2ccccc2)c1. The predicted octanol–water partition coefficient (Wildman–Crippen LogP) is 5.47. The van der Waals surface area contributed by atoms with Gasteiger partial charge in [-0.2, -0.15) is 13.2 Å². The Bertz CT molecular complexity index is 786. The smallest absolute Gasteiger partial charge is 0.305 e. The van der Waals surface area contributed by atoms with Gasteiger partial charge in [-0.05, 0) is 42.8 Å². The Kier molecular flexibility index (Phi) is 3.53. The molecular formula is C18H14F3N. The molecule has 0 N–H and O–H groups in total. The molecule has 0 saturated carbocycles. The molecule has 22 heavy (non-hydrogen) atoms. The maximum Gasteiger partial charge on any atom is 0.431 e. The number of aromatic nitrogens is 1. The highest BCUT2D eigenvalue weighted by Crippen LogP contribution is 2.36. The first kappa shape index (κ1) is 14.4. The van der Waals surface area contributed by atoms with Gasteiger partial charge in [0.05, 0.1) is 5.69 Å². The number of hydrogen-bond acceptors (Lipinski definition) is 0. The van der Waals surface area contributed by atoms with Crippen molar-refractivity contribution in [1.29, 1.82) is 0 Å². The summed E-state index contributed by atoms with van der Waals surface area (Å²) in [7, 11) is 0. The van der Waals surface area contributed by atoms with Gasteiger partial charge in [0.15, 0.2) is 0 Å². The Morgan fingerprint density at radius 1 is 0.818 bits per heavy atom. The number of benzene rings is 2. The van der Waals surface area contributed by atoms with Gasteiger partial charge in [-0.25, -0.2) is 0 Å². The zero-order chi connectivity index (χ0) is 15.7. The first-order valence-electron chi connectivity index (χ1n) is 6.88. The van der Waals surface area contributed by atoms with Crippen LogP contribution in [0.3, 0.4) is 0 Å². The van der Waals surface area contributed by atoms with Crippen LogP contribution in [0.15, 0.2) is 66.7 Å². The van der Waals surface area contributed by atoms with Gasteiger partial charge < -0.3 is 4.57 Å². The maximum absolute atomic E-state index is 13.3. The molecule has 0 aliphatic rings. The first-order chi connectivity index (χ1) is 10.5. The largest absolute Gasteiger partial charge is 0.431 e. The second-order valence-corrected chi connectivity index (χ2v) is 5.14. The molecule has 0 saturated heterocycles. The molecule has 0 unspecified atom stereocenters. The van der Waals surface area contributed by atoms with Gasteiger partial charge in [-0.15, -0.1) is 0 Å². The van der Waals surface area contributed by atoms with E-state index in [-0.39, 0.29) is 0 Å². The number of aryl methyl sites for hydroxylation is 1. The van der Waals surface area contributed by atoms with E-state index in [9.17, 15) is 13.2 Å². The van der Waals surface area contributed by atoms with Crippen molar-refractivity contribution in [3.8, 4) is 16.9 Å². The summed E-state index contributed by atoms with van der Waals surface area (Å²) in [5.41, 5.74) is 2.12. The lowest BCUT2D eigenvalue weighted by Gasteiger charge is -2.16. The molecule has 0 fully saturated rings. The quantitative estimate of drug-likeness (QED) is 0.591. The van der Waals surface area contributed by atoms with Crippen LogP contribution < -0.4 is 0 Å². The van der Waals surface area contributed by atoms with Crippen molar-refractivity contribution >= 4 is 0 Å². The van der Waals surface area contributed by atoms with Gasteiger partial charge in [0.2, 0.25) is 0 Å². The highest BCUT2D eigenvalue weighted by Gasteiger charge is 2.35. The lowest BCUT2D eigenvalue weighted by molar-refractivity contribution is -0.142. The van der Waals surface area contributed by atoms with E-state index in [0.717, 1.165) is 17.2 Å². The zero-order valence-electron chi connectivity index (χ0n) is 11.9. The first-order valence-corrected chi connectivity index (χ1v) is 6.88. The van der Waals surface area contributed by atoms with Crippen LogP contribution in [0.1, 0.15) is 11.3 Å². The van der Waals surface area contributed by atoms with Crippen molar-refractivity contribution in [1.82, 2.24) is 4.57 Å². The molecule has 0 amide bonds. The maximum atomic E-state index is 13.3. The second-order valence-electron chi connectivity index (χ2n) is 5.14. The number of rotatable bonds is 2. The van der Waals surface area contributed by atoms with E-state index in [2.05, 4.69) is 0 Å². The zero-order valence-corrected chi connectivity index (χ0v) is 11.9. The van der Waals surface area contributed by atoms with Crippen LogP contribution in [0.5, 0.6) is 0 Å². The topological polar surface area (TPSA) is 4.93 Å². The molecule has 0 radical (unpaired) electrons. The Balaban J connectivity index is 2.26. The normalized spacial score (nSPS) is 11.6. The summed E-state index contributed by atoms with van der Waals surface area (Å²) in [4.78, 5) is 0. The molecule has 112 valence electrons. The van der Waals surface area contributed by atoms with Gasteiger partial charge in [0, 0.05) is 5.69 Å². The number of alkyl halides is 3. The van der Waals surface area contributed by atoms with Gasteiger partial charge >= 0.3 is 6.18 Å². The van der Waals surface area contributed by atoms with Crippen molar-refractivity contribution in [2.45, 2.75) is 13.1 Å². The Labute approximate surface area is 126 Å². The van der Waals surface area contributed by atoms with Crippen molar-refractivity contribution in [2.24, 2.45) is 0 Å². The Morgan fingerprint density at radius 2 is 1.55 bits per heavy atom. The monoisotopic (exact) mass is 301 g/mol. The van der Waals surface area contributed by atoms with E-state index < -0.39 is 11.9 Å². The van der Waals surface area contributed by atoms with Crippen LogP contribution in [0.25, 0.3) is 16.9 Å². The molecule has 3 aromatic rings. The number of para-hydroxylation sites is 1. The highest BCUT2D eigenvalue weighted by molar-refractivity contribution is 5.65. The summed E-state index contributed by atoms with van der Waals surface area (Å²) < 4.78 is 41.2. The fraction of sp³-hybridized carbons (Fsp3) is 0.111. The third kappa shape index (κ3) is 2.64. The summed E-state index contributed by atoms with van der Waals surface area (Å²) in [6.07, 6.45) is -4.40. The van der Waals surface area contributed by atoms with E-state index in [4.69, 9.17) is 0 Å². The summed E-state index contributed by atoms with van der Waals surface area (Å²) in [6, 6.07) is 18.7. The molecule has 2 aromatic carbocycles. The van der Waals surface area contributed by atoms with Crippen LogP contribution in [-0.4, -0.2) is 4.57 Å². The summed E-state index contributed by atoms with van der Waals surface area (Å²) in [5, 5.41) is 0. The van der Waals surface area contributed by atoms with E-state index in [1.165, 1.54) is 10.6 Å². The number of nitrogens with zero attached hydrogens (tertiary/aromatic N) is 1. The van der Waals surface area contributed by atoms with Crippen molar-refractivity contribution in [3.63, 3.8) is 0 Å². The molecule has 0 bridgehead atoms. The molecular weight excluding hydrogens is 287 g/mol. The van der Waals surface area contributed by atoms with E-state index in [0.29, 0.717) is 11.4 Å². The fourth-order valence-corrected chi connectivity index (χ4v) is 2.54. The minimum absolute atomic E-state index is 0.497. The molecule has 0 aliphatic carbocycles. The van der Waals surface area contributed by atoms with Crippen LogP contribution in [0, 0.1) is 6.92 Å². The third-order valence-corrected chi connectivity index (χ3v) is 3.50. The average Bonchev–Trinajstić information content (AvgIpc) is 2.93. The van der Waals surface area contributed by atoms with Gasteiger partial charge in [0.1, 0.15) is 5.69 Å². The van der Waals surface area contributed by atoms with Gasteiger partial charge in [-0.1, -0.05) is 42.0 Å². The number of hydrogen-bond donors (Lipinski definition) is 0. The number of halogens is 3. The minimum atomic E-state index is -4.40. The molecule has 0 atom stereocenters. The van der Waals surface area contributed by atoms with Crippen LogP contribution >= 0.6 is 0 Å². The minimum Gasteiger partial charge on any atom is -0.305 e. The van der Waals surface area contributed by atoms with Crippen LogP contribution in [-0.2, 0) is 6.18 Å². The average molecular weight is 301 g/mol. The molecule has 0 aliphatic heterocycles. The standard InChI is InChI=1S/C18H14F3N/c1-13-6-5-7-14(12-13)16-10-11-17(18(19,20)21)22(16)15-8-3-2-4-9-15/h2-12H,1H3. The Morgan fingerprint density at radius 3 is 2.18 bits per heavy atom. The van der Waals surface area contributed by atoms with E-state index >= 15 is 0 Å². The summed E-state index contributed by atoms with van der Waals surface area (Å²) in [5.74, 6) is 0. The lowest BCUT2D eigenvalue weighted by atomic mass is 10.1. The van der Waals surface area contributed by atoms with E-state index in [1.54, 1.807) is 30.3 Å². The second kappa shape index (κ2) is 5.37. The molecule has 1 nitrogen and oxygen atoms in total. The highest BCUT2D eigenvalue weighted by atomic mass is 19.4. The third-order valence-electron chi connectivity index (χ3n) is 3.50. The van der Waals surface area contributed by atoms with Crippen molar-refractivity contribution in [3.05, 3.63) is 78.0 Å². The van der Waals surface area contributed by atoms with Gasteiger partial charge in [-0.3, -0.25) is 0 Å². The predicted molar refractivity (Wildman–Crippen MR) is 80.9 cm³/mol. The fourth-order valence-electron chi connectivity index (χ4n) is 2.54. The van der Waals surface area contributed by atoms with Crippen molar-refractivity contribution in [2.75, 3.05) is 0 Å². The molecule has 1 heterocycles. The molecule has 4 heteroatoms. The van der Waals surface area contributed by atoms with Crippen LogP contribution in [0.4, 0.5) is 13.2 Å². The van der Waals surface area contributed by atoms with Gasteiger partial charge in [0.25, 0.3) is 0 Å². The van der Waals surface area contributed by atoms with E-state index in [1.807, 2.05) is 31.2 Å². The van der Waals surface area contributed by atoms with Crippen LogP contribution in [0.2, 0.25) is 0 Å². The molecule has 3 rings (SSSR count).